The molecule has 0 radical (unpaired) electrons. The summed E-state index contributed by atoms with van der Waals surface area (Å²) in [6.45, 7) is 2.39. The quantitative estimate of drug-likeness (QED) is 0.259. The van der Waals surface area contributed by atoms with E-state index in [4.69, 9.17) is 9.47 Å². The number of hydrogen-bond donors (Lipinski definition) is 1. The number of carbonyl (C=O) groups excluding carboxylic acids is 1. The Morgan fingerprint density at radius 1 is 1.13 bits per heavy atom. The highest BCUT2D eigenvalue weighted by Gasteiger charge is 2.17. The first-order valence-electron chi connectivity index (χ1n) is 8.99. The zero-order chi connectivity index (χ0) is 21.7. The third-order valence-corrected chi connectivity index (χ3v) is 5.11. The Morgan fingerprint density at radius 2 is 1.87 bits per heavy atom. The van der Waals surface area contributed by atoms with Crippen molar-refractivity contribution in [2.45, 2.75) is 13.5 Å². The molecule has 0 atom stereocenters. The number of nitrogens with zero attached hydrogens (tertiary/aromatic N) is 1. The smallest absolute Gasteiger partial charge is 0.271 e. The molecule has 30 heavy (non-hydrogen) atoms. The molecule has 0 saturated heterocycles. The van der Waals surface area contributed by atoms with Gasteiger partial charge in [0.1, 0.15) is 6.61 Å². The Hall–Kier alpha value is -3.14. The first-order chi connectivity index (χ1) is 14.4. The summed E-state index contributed by atoms with van der Waals surface area (Å²) in [4.78, 5) is 23.1. The van der Waals surface area contributed by atoms with Crippen molar-refractivity contribution in [1.82, 2.24) is 0 Å². The van der Waals surface area contributed by atoms with Crippen LogP contribution in [0.15, 0.2) is 60.7 Å². The fraction of sp³-hybridized carbons (Fsp3) is 0.136. The van der Waals surface area contributed by atoms with E-state index in [-0.39, 0.29) is 5.69 Å². The van der Waals surface area contributed by atoms with E-state index in [2.05, 4.69) is 27.9 Å². The molecule has 0 aliphatic heterocycles. The average Bonchev–Trinajstić information content (AvgIpc) is 2.73. The third kappa shape index (κ3) is 5.26. The van der Waals surface area contributed by atoms with Crippen LogP contribution in [0.1, 0.15) is 21.5 Å². The lowest BCUT2D eigenvalue weighted by Gasteiger charge is -2.15. The van der Waals surface area contributed by atoms with Gasteiger partial charge in [0.25, 0.3) is 11.6 Å². The van der Waals surface area contributed by atoms with Gasteiger partial charge < -0.3 is 14.8 Å². The summed E-state index contributed by atoms with van der Waals surface area (Å²) in [5.74, 6) is 0.570. The van der Waals surface area contributed by atoms with E-state index >= 15 is 0 Å². The number of benzene rings is 3. The summed E-state index contributed by atoms with van der Waals surface area (Å²) in [7, 11) is 1.51. The molecule has 154 valence electrons. The number of carbonyl (C=O) groups is 1. The van der Waals surface area contributed by atoms with Crippen LogP contribution in [0.25, 0.3) is 0 Å². The SMILES string of the molecule is COc1cc(C(=O)Nc2cccc([N+](=O)[O-])c2)cc(I)c1OCc1ccc(C)cc1. The summed E-state index contributed by atoms with van der Waals surface area (Å²) in [5.41, 5.74) is 2.78. The second-order valence-corrected chi connectivity index (χ2v) is 7.69. The minimum absolute atomic E-state index is 0.0974. The molecule has 1 amide bonds. The third-order valence-electron chi connectivity index (χ3n) is 4.31. The molecule has 0 saturated carbocycles. The molecule has 0 spiro atoms. The number of rotatable bonds is 7. The molecule has 3 aromatic carbocycles. The van der Waals surface area contributed by atoms with Crippen molar-refractivity contribution in [3.63, 3.8) is 0 Å². The van der Waals surface area contributed by atoms with Gasteiger partial charge in [0.05, 0.1) is 15.6 Å². The van der Waals surface area contributed by atoms with E-state index in [9.17, 15) is 14.9 Å². The molecular formula is C22H19IN2O5. The molecule has 0 aliphatic carbocycles. The normalized spacial score (nSPS) is 10.4. The minimum Gasteiger partial charge on any atom is -0.493 e. The first-order valence-corrected chi connectivity index (χ1v) is 10.1. The maximum absolute atomic E-state index is 12.7. The number of aryl methyl sites for hydroxylation is 1. The summed E-state index contributed by atoms with van der Waals surface area (Å²) >= 11 is 2.09. The second-order valence-electron chi connectivity index (χ2n) is 6.53. The molecule has 3 aromatic rings. The average molecular weight is 518 g/mol. The van der Waals surface area contributed by atoms with Crippen molar-refractivity contribution in [1.29, 1.82) is 0 Å². The van der Waals surface area contributed by atoms with Gasteiger partial charge in [-0.2, -0.15) is 0 Å². The zero-order valence-electron chi connectivity index (χ0n) is 16.3. The monoisotopic (exact) mass is 518 g/mol. The van der Waals surface area contributed by atoms with Crippen molar-refractivity contribution in [3.8, 4) is 11.5 Å². The molecule has 7 nitrogen and oxygen atoms in total. The van der Waals surface area contributed by atoms with Crippen LogP contribution in [0.2, 0.25) is 0 Å². The molecule has 1 N–H and O–H groups in total. The molecule has 0 bridgehead atoms. The van der Waals surface area contributed by atoms with Crippen molar-refractivity contribution in [2.24, 2.45) is 0 Å². The summed E-state index contributed by atoms with van der Waals surface area (Å²) < 4.78 is 12.1. The minimum atomic E-state index is -0.512. The van der Waals surface area contributed by atoms with Gasteiger partial charge in [-0.3, -0.25) is 14.9 Å². The summed E-state index contributed by atoms with van der Waals surface area (Å²) in [6.07, 6.45) is 0. The van der Waals surface area contributed by atoms with E-state index in [1.54, 1.807) is 18.2 Å². The van der Waals surface area contributed by atoms with Crippen molar-refractivity contribution >= 4 is 39.9 Å². The summed E-state index contributed by atoms with van der Waals surface area (Å²) in [6, 6.07) is 17.1. The Kier molecular flexibility index (Phi) is 6.88. The Bertz CT molecular complexity index is 1080. The van der Waals surface area contributed by atoms with Crippen LogP contribution in [-0.4, -0.2) is 17.9 Å². The summed E-state index contributed by atoms with van der Waals surface area (Å²) in [5, 5.41) is 13.6. The van der Waals surface area contributed by atoms with Gasteiger partial charge in [0, 0.05) is 23.4 Å². The molecule has 0 heterocycles. The standard InChI is InChI=1S/C22H19IN2O5/c1-14-6-8-15(9-7-14)13-30-21-19(23)10-16(11-20(21)29-2)22(26)24-17-4-3-5-18(12-17)25(27)28/h3-12H,13H2,1-2H3,(H,24,26). The number of nitro benzene ring substituents is 1. The number of halogens is 1. The number of nitro groups is 1. The molecule has 3 rings (SSSR count). The lowest BCUT2D eigenvalue weighted by molar-refractivity contribution is -0.384. The van der Waals surface area contributed by atoms with Gasteiger partial charge in [0.2, 0.25) is 0 Å². The van der Waals surface area contributed by atoms with Crippen molar-refractivity contribution < 1.29 is 19.2 Å². The predicted molar refractivity (Wildman–Crippen MR) is 122 cm³/mol. The Balaban J connectivity index is 1.78. The van der Waals surface area contributed by atoms with Gasteiger partial charge in [-0.1, -0.05) is 35.9 Å². The molecule has 0 fully saturated rings. The highest BCUT2D eigenvalue weighted by molar-refractivity contribution is 14.1. The van der Waals surface area contributed by atoms with Gasteiger partial charge >= 0.3 is 0 Å². The Labute approximate surface area is 187 Å². The molecule has 8 heteroatoms. The molecular weight excluding hydrogens is 499 g/mol. The van der Waals surface area contributed by atoms with Gasteiger partial charge in [0.15, 0.2) is 11.5 Å². The van der Waals surface area contributed by atoms with Gasteiger partial charge in [-0.05, 0) is 53.3 Å². The van der Waals surface area contributed by atoms with Crippen LogP contribution in [-0.2, 0) is 6.61 Å². The lowest BCUT2D eigenvalue weighted by atomic mass is 10.1. The molecule has 0 unspecified atom stereocenters. The highest BCUT2D eigenvalue weighted by Crippen LogP contribution is 2.35. The van der Waals surface area contributed by atoms with Crippen molar-refractivity contribution in [3.05, 3.63) is 91.0 Å². The van der Waals surface area contributed by atoms with Crippen LogP contribution < -0.4 is 14.8 Å². The van der Waals surface area contributed by atoms with E-state index in [0.29, 0.717) is 32.9 Å². The molecule has 0 aromatic heterocycles. The van der Waals surface area contributed by atoms with Gasteiger partial charge in [-0.15, -0.1) is 0 Å². The first kappa shape index (κ1) is 21.6. The largest absolute Gasteiger partial charge is 0.493 e. The van der Waals surface area contributed by atoms with Crippen LogP contribution in [0.3, 0.4) is 0 Å². The number of amides is 1. The lowest BCUT2D eigenvalue weighted by Crippen LogP contribution is -2.13. The highest BCUT2D eigenvalue weighted by atomic mass is 127. The fourth-order valence-corrected chi connectivity index (χ4v) is 3.49. The maximum Gasteiger partial charge on any atom is 0.271 e. The number of ether oxygens (including phenoxy) is 2. The van der Waals surface area contributed by atoms with Crippen LogP contribution in [0.4, 0.5) is 11.4 Å². The maximum atomic E-state index is 12.7. The Morgan fingerprint density at radius 3 is 2.53 bits per heavy atom. The predicted octanol–water partition coefficient (Wildman–Crippen LogP) is 5.35. The van der Waals surface area contributed by atoms with E-state index in [0.717, 1.165) is 5.56 Å². The topological polar surface area (TPSA) is 90.7 Å². The number of hydrogen-bond acceptors (Lipinski definition) is 5. The fourth-order valence-electron chi connectivity index (χ4n) is 2.73. The number of methoxy groups -OCH3 is 1. The zero-order valence-corrected chi connectivity index (χ0v) is 18.5. The number of nitrogens with one attached hydrogen (secondary N) is 1. The van der Waals surface area contributed by atoms with E-state index in [1.807, 2.05) is 31.2 Å². The van der Waals surface area contributed by atoms with Crippen LogP contribution >= 0.6 is 22.6 Å². The van der Waals surface area contributed by atoms with Crippen molar-refractivity contribution in [2.75, 3.05) is 12.4 Å². The number of non-ortho nitro benzene ring substituents is 1. The van der Waals surface area contributed by atoms with Crippen LogP contribution in [0.5, 0.6) is 11.5 Å². The molecule has 0 aliphatic rings. The van der Waals surface area contributed by atoms with E-state index in [1.165, 1.54) is 30.9 Å². The van der Waals surface area contributed by atoms with Gasteiger partial charge in [-0.25, -0.2) is 0 Å². The number of anilines is 1. The van der Waals surface area contributed by atoms with Crippen LogP contribution in [0, 0.1) is 20.6 Å². The van der Waals surface area contributed by atoms with E-state index < -0.39 is 10.8 Å². The second kappa shape index (κ2) is 9.57.